The van der Waals surface area contributed by atoms with E-state index in [1.165, 1.54) is 42.5 Å². The van der Waals surface area contributed by atoms with E-state index in [4.69, 9.17) is 28.3 Å². The first-order valence-corrected chi connectivity index (χ1v) is 13.1. The lowest BCUT2D eigenvalue weighted by atomic mass is 10.2. The van der Waals surface area contributed by atoms with Crippen molar-refractivity contribution in [1.29, 1.82) is 0 Å². The number of anilines is 1. The van der Waals surface area contributed by atoms with Crippen molar-refractivity contribution >= 4 is 54.8 Å². The number of sulfonamides is 2. The number of halogens is 2. The average Bonchev–Trinajstić information content (AvgIpc) is 2.75. The van der Waals surface area contributed by atoms with E-state index in [9.17, 15) is 21.6 Å². The SMILES string of the molecule is NS(=O)(=O)c1ccc(NC(=O)CN(Cc2ccccc2)S(=O)(=O)c2cc(Cl)ccc2Cl)cc1. The first-order valence-electron chi connectivity index (χ1n) is 9.38. The average molecular weight is 528 g/mol. The van der Waals surface area contributed by atoms with Crippen molar-refractivity contribution in [2.75, 3.05) is 11.9 Å². The van der Waals surface area contributed by atoms with E-state index in [1.54, 1.807) is 30.3 Å². The third-order valence-corrected chi connectivity index (χ3v) is 7.94. The molecular weight excluding hydrogens is 509 g/mol. The number of nitrogens with zero attached hydrogens (tertiary/aromatic N) is 1. The van der Waals surface area contributed by atoms with E-state index in [-0.39, 0.29) is 32.1 Å². The quantitative estimate of drug-likeness (QED) is 0.463. The van der Waals surface area contributed by atoms with Gasteiger partial charge in [0.05, 0.1) is 16.5 Å². The van der Waals surface area contributed by atoms with Gasteiger partial charge < -0.3 is 5.32 Å². The maximum absolute atomic E-state index is 13.4. The molecule has 0 aromatic heterocycles. The number of amides is 1. The molecule has 0 spiro atoms. The van der Waals surface area contributed by atoms with Gasteiger partial charge in [-0.25, -0.2) is 22.0 Å². The fourth-order valence-corrected chi connectivity index (χ4v) is 5.55. The number of benzene rings is 3. The Morgan fingerprint density at radius 2 is 1.55 bits per heavy atom. The van der Waals surface area contributed by atoms with Gasteiger partial charge in [-0.15, -0.1) is 0 Å². The summed E-state index contributed by atoms with van der Waals surface area (Å²) < 4.78 is 50.5. The fraction of sp³-hybridized carbons (Fsp3) is 0.0952. The molecule has 0 aliphatic heterocycles. The zero-order valence-corrected chi connectivity index (χ0v) is 20.1. The predicted molar refractivity (Wildman–Crippen MR) is 127 cm³/mol. The van der Waals surface area contributed by atoms with Gasteiger partial charge in [0.1, 0.15) is 4.90 Å². The first kappa shape index (κ1) is 25.2. The van der Waals surface area contributed by atoms with Crippen LogP contribution in [0.3, 0.4) is 0 Å². The summed E-state index contributed by atoms with van der Waals surface area (Å²) >= 11 is 12.1. The van der Waals surface area contributed by atoms with Crippen LogP contribution in [0.25, 0.3) is 0 Å². The van der Waals surface area contributed by atoms with Crippen molar-refractivity contribution in [3.63, 3.8) is 0 Å². The van der Waals surface area contributed by atoms with Crippen molar-refractivity contribution in [2.45, 2.75) is 16.3 Å². The van der Waals surface area contributed by atoms with Crippen LogP contribution in [0.4, 0.5) is 5.69 Å². The van der Waals surface area contributed by atoms with Gasteiger partial charge in [0.15, 0.2) is 0 Å². The maximum atomic E-state index is 13.4. The molecule has 3 N–H and O–H groups in total. The van der Waals surface area contributed by atoms with Gasteiger partial charge in [0, 0.05) is 17.3 Å². The molecule has 12 heteroatoms. The van der Waals surface area contributed by atoms with Gasteiger partial charge in [-0.1, -0.05) is 53.5 Å². The lowest BCUT2D eigenvalue weighted by Crippen LogP contribution is -2.37. The Hall–Kier alpha value is -2.47. The van der Waals surface area contributed by atoms with Crippen LogP contribution in [-0.4, -0.2) is 33.6 Å². The second-order valence-corrected chi connectivity index (χ2v) is 11.3. The summed E-state index contributed by atoms with van der Waals surface area (Å²) in [4.78, 5) is 12.4. The number of nitrogens with one attached hydrogen (secondary N) is 1. The third-order valence-electron chi connectivity index (χ3n) is 4.50. The Morgan fingerprint density at radius 1 is 0.909 bits per heavy atom. The third kappa shape index (κ3) is 6.53. The number of primary sulfonamides is 1. The van der Waals surface area contributed by atoms with Crippen molar-refractivity contribution in [3.05, 3.63) is 88.4 Å². The Balaban J connectivity index is 1.88. The minimum Gasteiger partial charge on any atom is -0.325 e. The number of carbonyl (C=O) groups excluding carboxylic acids is 1. The van der Waals surface area contributed by atoms with Crippen molar-refractivity contribution in [3.8, 4) is 0 Å². The van der Waals surface area contributed by atoms with Crippen LogP contribution in [0.15, 0.2) is 82.6 Å². The summed E-state index contributed by atoms with van der Waals surface area (Å²) in [5.74, 6) is -0.643. The van der Waals surface area contributed by atoms with E-state index < -0.39 is 32.5 Å². The highest BCUT2D eigenvalue weighted by Gasteiger charge is 2.29. The number of rotatable bonds is 8. The van der Waals surface area contributed by atoms with Gasteiger partial charge in [-0.05, 0) is 48.0 Å². The van der Waals surface area contributed by atoms with Gasteiger partial charge in [-0.3, -0.25) is 4.79 Å². The Morgan fingerprint density at radius 3 is 2.15 bits per heavy atom. The molecule has 0 atom stereocenters. The van der Waals surface area contributed by atoms with E-state index in [0.717, 1.165) is 4.31 Å². The second kappa shape index (κ2) is 10.2. The summed E-state index contributed by atoms with van der Waals surface area (Å²) in [7, 11) is -8.09. The van der Waals surface area contributed by atoms with Crippen LogP contribution in [0.2, 0.25) is 10.0 Å². The highest BCUT2D eigenvalue weighted by molar-refractivity contribution is 7.89. The Labute approximate surface area is 202 Å². The molecule has 0 aliphatic rings. The van der Waals surface area contributed by atoms with Gasteiger partial charge >= 0.3 is 0 Å². The van der Waals surface area contributed by atoms with E-state index >= 15 is 0 Å². The molecule has 0 bridgehead atoms. The van der Waals surface area contributed by atoms with Gasteiger partial charge in [0.2, 0.25) is 26.0 Å². The Kier molecular flexibility index (Phi) is 7.78. The van der Waals surface area contributed by atoms with Crippen molar-refractivity contribution < 1.29 is 21.6 Å². The van der Waals surface area contributed by atoms with Gasteiger partial charge in [0.25, 0.3) is 0 Å². The molecule has 0 heterocycles. The minimum absolute atomic E-state index is 0.0311. The largest absolute Gasteiger partial charge is 0.325 e. The lowest BCUT2D eigenvalue weighted by molar-refractivity contribution is -0.116. The zero-order valence-electron chi connectivity index (χ0n) is 17.0. The molecule has 8 nitrogen and oxygen atoms in total. The Bertz CT molecular complexity index is 1360. The topological polar surface area (TPSA) is 127 Å². The van der Waals surface area contributed by atoms with E-state index in [2.05, 4.69) is 5.32 Å². The highest BCUT2D eigenvalue weighted by Crippen LogP contribution is 2.28. The summed E-state index contributed by atoms with van der Waals surface area (Å²) in [6.07, 6.45) is 0. The number of nitrogens with two attached hydrogens (primary N) is 1. The molecule has 0 aliphatic carbocycles. The molecule has 0 radical (unpaired) electrons. The van der Waals surface area contributed by atoms with E-state index in [0.29, 0.717) is 5.56 Å². The van der Waals surface area contributed by atoms with Crippen LogP contribution in [0.5, 0.6) is 0 Å². The number of hydrogen-bond acceptors (Lipinski definition) is 5. The summed E-state index contributed by atoms with van der Waals surface area (Å²) in [6.45, 7) is -0.624. The molecule has 3 rings (SSSR count). The van der Waals surface area contributed by atoms with Crippen molar-refractivity contribution in [2.24, 2.45) is 5.14 Å². The smallest absolute Gasteiger partial charge is 0.245 e. The fourth-order valence-electron chi connectivity index (χ4n) is 2.92. The molecule has 33 heavy (non-hydrogen) atoms. The van der Waals surface area contributed by atoms with Crippen LogP contribution in [-0.2, 0) is 31.4 Å². The summed E-state index contributed by atoms with van der Waals surface area (Å²) in [5.41, 5.74) is 0.926. The summed E-state index contributed by atoms with van der Waals surface area (Å²) in [5, 5.41) is 7.76. The molecule has 3 aromatic carbocycles. The van der Waals surface area contributed by atoms with Crippen LogP contribution in [0.1, 0.15) is 5.56 Å². The molecule has 174 valence electrons. The molecule has 0 unspecified atom stereocenters. The first-order chi connectivity index (χ1) is 15.5. The van der Waals surface area contributed by atoms with E-state index in [1.807, 2.05) is 0 Å². The number of carbonyl (C=O) groups is 1. The van der Waals surface area contributed by atoms with Crippen LogP contribution < -0.4 is 10.5 Å². The predicted octanol–water partition coefficient (Wildman–Crippen LogP) is 3.47. The minimum atomic E-state index is -4.21. The molecule has 1 amide bonds. The number of hydrogen-bond donors (Lipinski definition) is 2. The highest BCUT2D eigenvalue weighted by atomic mass is 35.5. The lowest BCUT2D eigenvalue weighted by Gasteiger charge is -2.22. The molecule has 0 fully saturated rings. The standard InChI is InChI=1S/C21H19Cl2N3O5S2/c22-16-6-11-19(23)20(12-16)33(30,31)26(13-15-4-2-1-3-5-15)14-21(27)25-17-7-9-18(10-8-17)32(24,28)29/h1-12H,13-14H2,(H,25,27)(H2,24,28,29). The monoisotopic (exact) mass is 527 g/mol. The molecular formula is C21H19Cl2N3O5S2. The maximum Gasteiger partial charge on any atom is 0.245 e. The van der Waals surface area contributed by atoms with Crippen molar-refractivity contribution in [1.82, 2.24) is 4.31 Å². The normalized spacial score (nSPS) is 12.0. The molecule has 3 aromatic rings. The van der Waals surface area contributed by atoms with Crippen LogP contribution in [0, 0.1) is 0 Å². The molecule has 0 saturated carbocycles. The van der Waals surface area contributed by atoms with Gasteiger partial charge in [-0.2, -0.15) is 4.31 Å². The van der Waals surface area contributed by atoms with Crippen LogP contribution >= 0.6 is 23.2 Å². The molecule has 0 saturated heterocycles. The summed E-state index contributed by atoms with van der Waals surface area (Å²) in [6, 6.07) is 18.0. The zero-order chi connectivity index (χ0) is 24.2. The second-order valence-electron chi connectivity index (χ2n) is 6.95.